The summed E-state index contributed by atoms with van der Waals surface area (Å²) in [5, 5.41) is 22.1. The van der Waals surface area contributed by atoms with Gasteiger partial charge < -0.3 is 19.7 Å². The lowest BCUT2D eigenvalue weighted by Gasteiger charge is -2.61. The lowest BCUT2D eigenvalue weighted by Crippen LogP contribution is -2.72. The predicted octanol–water partition coefficient (Wildman–Crippen LogP) is -0.221. The van der Waals surface area contributed by atoms with Crippen molar-refractivity contribution in [3.8, 4) is 0 Å². The first-order valence-corrected chi connectivity index (χ1v) is 9.06. The lowest BCUT2D eigenvalue weighted by atomic mass is 9.40. The van der Waals surface area contributed by atoms with Crippen LogP contribution in [0.3, 0.4) is 0 Å². The van der Waals surface area contributed by atoms with Crippen molar-refractivity contribution in [1.29, 1.82) is 0 Å². The highest BCUT2D eigenvalue weighted by Crippen LogP contribution is 2.70. The van der Waals surface area contributed by atoms with Gasteiger partial charge in [0, 0.05) is 17.8 Å². The summed E-state index contributed by atoms with van der Waals surface area (Å²) in [6.45, 7) is 5.24. The highest BCUT2D eigenvalue weighted by Gasteiger charge is 2.83. The second-order valence-corrected chi connectivity index (χ2v) is 9.01. The van der Waals surface area contributed by atoms with E-state index in [0.29, 0.717) is 0 Å². The molecule has 140 valence electrons. The Morgan fingerprint density at radius 2 is 1.88 bits per heavy atom. The van der Waals surface area contributed by atoms with E-state index in [1.165, 1.54) is 6.08 Å². The van der Waals surface area contributed by atoms with Crippen LogP contribution < -0.4 is 0 Å². The van der Waals surface area contributed by atoms with Crippen LogP contribution in [0.25, 0.3) is 0 Å². The number of hydrogen-bond donors (Lipinski definition) is 2. The van der Waals surface area contributed by atoms with Crippen LogP contribution in [0.1, 0.15) is 27.2 Å². The van der Waals surface area contributed by atoms with Gasteiger partial charge in [-0.3, -0.25) is 14.4 Å². The average molecular weight is 362 g/mol. The molecule has 1 spiro atoms. The molecule has 2 heterocycles. The summed E-state index contributed by atoms with van der Waals surface area (Å²) in [5.41, 5.74) is -2.66. The molecule has 4 bridgehead atoms. The molecule has 0 radical (unpaired) electrons. The number of carbonyl (C=O) groups excluding carboxylic acids is 3. The zero-order chi connectivity index (χ0) is 18.8. The van der Waals surface area contributed by atoms with Crippen LogP contribution >= 0.6 is 0 Å². The minimum Gasteiger partial charge on any atom is -0.456 e. The third-order valence-corrected chi connectivity index (χ3v) is 8.07. The molecular weight excluding hydrogens is 340 g/mol. The van der Waals surface area contributed by atoms with Gasteiger partial charge >= 0.3 is 5.97 Å². The number of hydrogen-bond acceptors (Lipinski definition) is 7. The van der Waals surface area contributed by atoms with E-state index in [2.05, 4.69) is 0 Å². The van der Waals surface area contributed by atoms with Crippen molar-refractivity contribution >= 4 is 17.5 Å². The Morgan fingerprint density at radius 3 is 2.58 bits per heavy atom. The van der Waals surface area contributed by atoms with E-state index in [1.54, 1.807) is 20.8 Å². The number of carbonyl (C=O) groups is 3. The fourth-order valence-corrected chi connectivity index (χ4v) is 6.98. The number of ketones is 2. The first kappa shape index (κ1) is 16.6. The van der Waals surface area contributed by atoms with Gasteiger partial charge in [0.1, 0.15) is 23.4 Å². The van der Waals surface area contributed by atoms with Gasteiger partial charge in [0.05, 0.1) is 18.1 Å². The highest BCUT2D eigenvalue weighted by molar-refractivity contribution is 5.99. The smallest absolute Gasteiger partial charge is 0.313 e. The van der Waals surface area contributed by atoms with Gasteiger partial charge in [-0.2, -0.15) is 0 Å². The quantitative estimate of drug-likeness (QED) is 0.573. The molecule has 9 atom stereocenters. The van der Waals surface area contributed by atoms with Crippen LogP contribution in [0.4, 0.5) is 0 Å². The molecule has 5 rings (SSSR count). The Hall–Kier alpha value is -1.57. The van der Waals surface area contributed by atoms with E-state index in [9.17, 15) is 24.6 Å². The second kappa shape index (κ2) is 4.46. The van der Waals surface area contributed by atoms with E-state index >= 15 is 0 Å². The van der Waals surface area contributed by atoms with Gasteiger partial charge in [0.25, 0.3) is 0 Å². The van der Waals surface area contributed by atoms with Gasteiger partial charge in [-0.25, -0.2) is 0 Å². The molecule has 7 nitrogen and oxygen atoms in total. The molecule has 0 aromatic heterocycles. The molecule has 0 amide bonds. The highest BCUT2D eigenvalue weighted by atomic mass is 16.6. The monoisotopic (exact) mass is 362 g/mol. The second-order valence-electron chi connectivity index (χ2n) is 9.01. The Kier molecular flexibility index (Phi) is 2.84. The molecule has 2 saturated carbocycles. The van der Waals surface area contributed by atoms with Crippen molar-refractivity contribution in [2.75, 3.05) is 6.61 Å². The van der Waals surface area contributed by atoms with E-state index < -0.39 is 58.3 Å². The molecule has 0 aromatic rings. The lowest BCUT2D eigenvalue weighted by molar-refractivity contribution is -0.204. The molecular formula is C19H22O7. The third kappa shape index (κ3) is 1.41. The molecule has 2 aliphatic heterocycles. The minimum absolute atomic E-state index is 0.00626. The standard InChI is InChI=1S/C19H22O7/c1-7-4-9(20)14(23)17(2)8(7)5-10(21)19-6-25-18(3)13(19)16(24)26-15(18)11(22)12(17)19/h4,8,11-15,22-23H,5-6H2,1-3H3/t8-,11+,12+,13-,14+,15-,17-,18?,19+/m0/s1. The Bertz CT molecular complexity index is 802. The molecule has 5 aliphatic rings. The van der Waals surface area contributed by atoms with E-state index in [1.807, 2.05) is 0 Å². The summed E-state index contributed by atoms with van der Waals surface area (Å²) in [6, 6.07) is 0. The van der Waals surface area contributed by atoms with Gasteiger partial charge in [-0.15, -0.1) is 0 Å². The number of aliphatic hydroxyl groups excluding tert-OH is 2. The third-order valence-electron chi connectivity index (χ3n) is 8.07. The summed E-state index contributed by atoms with van der Waals surface area (Å²) >= 11 is 0. The largest absolute Gasteiger partial charge is 0.456 e. The van der Waals surface area contributed by atoms with E-state index in [4.69, 9.17) is 9.47 Å². The summed E-state index contributed by atoms with van der Waals surface area (Å²) in [6.07, 6.45) is -1.93. The molecule has 1 unspecified atom stereocenters. The molecule has 2 N–H and O–H groups in total. The molecule has 3 aliphatic carbocycles. The van der Waals surface area contributed by atoms with Crippen LogP contribution in [-0.4, -0.2) is 58.3 Å². The number of esters is 1. The van der Waals surface area contributed by atoms with Gasteiger partial charge in [-0.05, 0) is 25.8 Å². The minimum atomic E-state index is -1.35. The zero-order valence-corrected chi connectivity index (χ0v) is 14.9. The number of fused-ring (bicyclic) bond motifs is 2. The molecule has 4 fully saturated rings. The summed E-state index contributed by atoms with van der Waals surface area (Å²) < 4.78 is 11.4. The summed E-state index contributed by atoms with van der Waals surface area (Å²) in [7, 11) is 0. The molecule has 0 aromatic carbocycles. The topological polar surface area (TPSA) is 110 Å². The number of ether oxygens (including phenoxy) is 2. The number of Topliss-reactive ketones (excluding diaryl/α,β-unsaturated/α-hetero) is 1. The SMILES string of the molecule is CC1=CC(=O)[C@@H](O)[C@@]2(C)[C@H]1CC(=O)[C@@]13COC4(C)[C@@H](OC(=O)[C@@H]41)[C@H](O)[C@@H]32. The van der Waals surface area contributed by atoms with E-state index in [0.717, 1.165) is 5.57 Å². The first-order chi connectivity index (χ1) is 12.1. The maximum atomic E-state index is 13.4. The first-order valence-electron chi connectivity index (χ1n) is 9.06. The zero-order valence-electron chi connectivity index (χ0n) is 14.9. The van der Waals surface area contributed by atoms with Crippen LogP contribution in [0.5, 0.6) is 0 Å². The Balaban J connectivity index is 1.78. The van der Waals surface area contributed by atoms with Crippen molar-refractivity contribution < 1.29 is 34.1 Å². The number of aliphatic hydroxyl groups is 2. The Morgan fingerprint density at radius 1 is 1.19 bits per heavy atom. The molecule has 2 saturated heterocycles. The van der Waals surface area contributed by atoms with Crippen LogP contribution in [-0.2, 0) is 23.9 Å². The van der Waals surface area contributed by atoms with Gasteiger partial charge in [0.2, 0.25) is 0 Å². The van der Waals surface area contributed by atoms with Crippen molar-refractivity contribution in [3.05, 3.63) is 11.6 Å². The van der Waals surface area contributed by atoms with Crippen LogP contribution in [0, 0.1) is 28.6 Å². The summed E-state index contributed by atoms with van der Waals surface area (Å²) in [4.78, 5) is 38.4. The normalized spacial score (nSPS) is 57.4. The molecule has 26 heavy (non-hydrogen) atoms. The fraction of sp³-hybridized carbons (Fsp3) is 0.737. The van der Waals surface area contributed by atoms with Crippen molar-refractivity contribution in [1.82, 2.24) is 0 Å². The van der Waals surface area contributed by atoms with Crippen molar-refractivity contribution in [2.24, 2.45) is 28.6 Å². The van der Waals surface area contributed by atoms with Crippen molar-refractivity contribution in [2.45, 2.75) is 51.1 Å². The Labute approximate surface area is 150 Å². The van der Waals surface area contributed by atoms with Crippen LogP contribution in [0.15, 0.2) is 11.6 Å². The number of rotatable bonds is 0. The molecule has 7 heteroatoms. The fourth-order valence-electron chi connectivity index (χ4n) is 6.98. The maximum Gasteiger partial charge on any atom is 0.313 e. The van der Waals surface area contributed by atoms with Gasteiger partial charge in [-0.1, -0.05) is 12.5 Å². The van der Waals surface area contributed by atoms with E-state index in [-0.39, 0.29) is 24.7 Å². The van der Waals surface area contributed by atoms with Gasteiger partial charge in [0.15, 0.2) is 11.9 Å². The number of allylic oxidation sites excluding steroid dienone is 1. The maximum absolute atomic E-state index is 13.4. The van der Waals surface area contributed by atoms with Crippen molar-refractivity contribution in [3.63, 3.8) is 0 Å². The summed E-state index contributed by atoms with van der Waals surface area (Å²) in [5.74, 6) is -3.08. The average Bonchev–Trinajstić information content (AvgIpc) is 2.94. The van der Waals surface area contributed by atoms with Crippen LogP contribution in [0.2, 0.25) is 0 Å². The predicted molar refractivity (Wildman–Crippen MR) is 85.6 cm³/mol.